The number of hydrogen-bond acceptors (Lipinski definition) is 6. The van der Waals surface area contributed by atoms with E-state index in [2.05, 4.69) is 10.6 Å². The molecular formula is C19H17ClF3N3O5. The number of ether oxygens (including phenoxy) is 2. The highest BCUT2D eigenvalue weighted by Crippen LogP contribution is 2.38. The number of alkyl halides is 3. The van der Waals surface area contributed by atoms with Crippen molar-refractivity contribution in [2.45, 2.75) is 19.0 Å². The van der Waals surface area contributed by atoms with Crippen LogP contribution in [0.2, 0.25) is 5.02 Å². The van der Waals surface area contributed by atoms with Crippen LogP contribution < -0.4 is 20.1 Å². The molecule has 0 saturated carbocycles. The Kier molecular flexibility index (Phi) is 6.74. The molecule has 0 radical (unpaired) electrons. The number of amides is 1. The van der Waals surface area contributed by atoms with Gasteiger partial charge in [-0.25, -0.2) is 0 Å². The lowest BCUT2D eigenvalue weighted by atomic mass is 10.1. The summed E-state index contributed by atoms with van der Waals surface area (Å²) in [5.41, 5.74) is -1.69. The number of nitro groups is 1. The van der Waals surface area contributed by atoms with Crippen LogP contribution in [0.3, 0.4) is 0 Å². The standard InChI is InChI=1S/C19H17ClF3N3O5/c20-12-9-16-17(31-7-1-6-30-16)10-14(12)25-18(27)4-5-24-13-3-2-11(19(21,22)23)8-15(13)26(28)29/h2-3,8-10,24H,1,4-7H2,(H,25,27). The highest BCUT2D eigenvalue weighted by Gasteiger charge is 2.33. The predicted molar refractivity (Wildman–Crippen MR) is 107 cm³/mol. The number of benzene rings is 2. The third kappa shape index (κ3) is 5.69. The van der Waals surface area contributed by atoms with Gasteiger partial charge in [0, 0.05) is 37.6 Å². The predicted octanol–water partition coefficient (Wildman–Crippen LogP) is 4.87. The number of carbonyl (C=O) groups is 1. The second kappa shape index (κ2) is 9.29. The molecule has 2 aromatic carbocycles. The van der Waals surface area contributed by atoms with Gasteiger partial charge in [0.25, 0.3) is 5.69 Å². The molecule has 8 nitrogen and oxygen atoms in total. The molecule has 166 valence electrons. The Labute approximate surface area is 179 Å². The number of hydrogen-bond donors (Lipinski definition) is 2. The number of anilines is 2. The first-order valence-electron chi connectivity index (χ1n) is 9.13. The second-order valence-electron chi connectivity index (χ2n) is 6.54. The minimum absolute atomic E-state index is 0.0553. The Morgan fingerprint density at radius 3 is 2.45 bits per heavy atom. The maximum atomic E-state index is 12.8. The van der Waals surface area contributed by atoms with E-state index >= 15 is 0 Å². The molecule has 2 aromatic rings. The number of nitro benzene ring substituents is 1. The zero-order valence-electron chi connectivity index (χ0n) is 15.9. The van der Waals surface area contributed by atoms with Crippen molar-refractivity contribution < 1.29 is 32.4 Å². The third-order valence-corrected chi connectivity index (χ3v) is 4.61. The number of rotatable bonds is 6. The first-order valence-corrected chi connectivity index (χ1v) is 9.51. The quantitative estimate of drug-likeness (QED) is 0.472. The first-order chi connectivity index (χ1) is 14.6. The van der Waals surface area contributed by atoms with Gasteiger partial charge in [-0.15, -0.1) is 0 Å². The molecule has 0 saturated heterocycles. The largest absolute Gasteiger partial charge is 0.490 e. The molecule has 0 aliphatic carbocycles. The Morgan fingerprint density at radius 2 is 1.81 bits per heavy atom. The fourth-order valence-electron chi connectivity index (χ4n) is 2.81. The monoisotopic (exact) mass is 459 g/mol. The lowest BCUT2D eigenvalue weighted by molar-refractivity contribution is -0.384. The van der Waals surface area contributed by atoms with E-state index in [1.165, 1.54) is 12.1 Å². The van der Waals surface area contributed by atoms with Crippen LogP contribution in [0.1, 0.15) is 18.4 Å². The molecule has 0 unspecified atom stereocenters. The van der Waals surface area contributed by atoms with Crippen molar-refractivity contribution in [2.24, 2.45) is 0 Å². The maximum Gasteiger partial charge on any atom is 0.416 e. The summed E-state index contributed by atoms with van der Waals surface area (Å²) in [6.07, 6.45) is -4.12. The van der Waals surface area contributed by atoms with E-state index in [9.17, 15) is 28.1 Å². The Bertz CT molecular complexity index is 1000. The molecule has 0 fully saturated rings. The van der Waals surface area contributed by atoms with Gasteiger partial charge in [-0.2, -0.15) is 13.2 Å². The first kappa shape index (κ1) is 22.5. The summed E-state index contributed by atoms with van der Waals surface area (Å²) in [6, 6.07) is 5.20. The van der Waals surface area contributed by atoms with Crippen LogP contribution in [0.25, 0.3) is 0 Å². The van der Waals surface area contributed by atoms with E-state index in [0.29, 0.717) is 42.9 Å². The second-order valence-corrected chi connectivity index (χ2v) is 6.95. The van der Waals surface area contributed by atoms with Gasteiger partial charge in [0.1, 0.15) is 5.69 Å². The SMILES string of the molecule is O=C(CCNc1ccc(C(F)(F)F)cc1[N+](=O)[O-])Nc1cc2c(cc1Cl)OCCCO2. The van der Waals surface area contributed by atoms with Gasteiger partial charge in [-0.3, -0.25) is 14.9 Å². The van der Waals surface area contributed by atoms with Gasteiger partial charge >= 0.3 is 6.18 Å². The van der Waals surface area contributed by atoms with Gasteiger partial charge in [0.2, 0.25) is 5.91 Å². The molecule has 2 N–H and O–H groups in total. The molecule has 1 heterocycles. The zero-order valence-corrected chi connectivity index (χ0v) is 16.7. The molecule has 0 bridgehead atoms. The molecular weight excluding hydrogens is 443 g/mol. The van der Waals surface area contributed by atoms with E-state index < -0.39 is 28.3 Å². The van der Waals surface area contributed by atoms with Crippen molar-refractivity contribution >= 4 is 34.6 Å². The van der Waals surface area contributed by atoms with E-state index in [4.69, 9.17) is 21.1 Å². The number of nitrogens with zero attached hydrogens (tertiary/aromatic N) is 1. The van der Waals surface area contributed by atoms with Crippen molar-refractivity contribution in [3.63, 3.8) is 0 Å². The van der Waals surface area contributed by atoms with Crippen molar-refractivity contribution in [3.05, 3.63) is 51.0 Å². The number of carbonyl (C=O) groups excluding carboxylic acids is 1. The molecule has 31 heavy (non-hydrogen) atoms. The van der Waals surface area contributed by atoms with Crippen molar-refractivity contribution in [2.75, 3.05) is 30.4 Å². The summed E-state index contributed by atoms with van der Waals surface area (Å²) in [5, 5.41) is 16.6. The zero-order chi connectivity index (χ0) is 22.6. The molecule has 0 aromatic heterocycles. The minimum atomic E-state index is -4.70. The number of halogens is 4. The molecule has 0 spiro atoms. The summed E-state index contributed by atoms with van der Waals surface area (Å²) < 4.78 is 49.3. The van der Waals surface area contributed by atoms with Crippen LogP contribution in [-0.2, 0) is 11.0 Å². The van der Waals surface area contributed by atoms with Crippen LogP contribution >= 0.6 is 11.6 Å². The summed E-state index contributed by atoms with van der Waals surface area (Å²) in [6.45, 7) is 0.884. The summed E-state index contributed by atoms with van der Waals surface area (Å²) in [7, 11) is 0. The highest BCUT2D eigenvalue weighted by molar-refractivity contribution is 6.34. The van der Waals surface area contributed by atoms with Crippen molar-refractivity contribution in [1.82, 2.24) is 0 Å². The smallest absolute Gasteiger partial charge is 0.416 e. The lowest BCUT2D eigenvalue weighted by Gasteiger charge is -2.13. The molecule has 1 aliphatic heterocycles. The summed E-state index contributed by atoms with van der Waals surface area (Å²) >= 11 is 6.16. The average Bonchev–Trinajstić information content (AvgIpc) is 2.92. The Morgan fingerprint density at radius 1 is 1.13 bits per heavy atom. The number of fused-ring (bicyclic) bond motifs is 1. The fraction of sp³-hybridized carbons (Fsp3) is 0.316. The molecule has 12 heteroatoms. The van der Waals surface area contributed by atoms with E-state index in [-0.39, 0.29) is 23.7 Å². The van der Waals surface area contributed by atoms with Crippen LogP contribution in [0.15, 0.2) is 30.3 Å². The topological polar surface area (TPSA) is 103 Å². The van der Waals surface area contributed by atoms with E-state index in [1.54, 1.807) is 0 Å². The molecule has 1 aliphatic rings. The van der Waals surface area contributed by atoms with Gasteiger partial charge in [0.15, 0.2) is 11.5 Å². The van der Waals surface area contributed by atoms with Crippen LogP contribution in [0, 0.1) is 10.1 Å². The normalized spacial score (nSPS) is 13.3. The van der Waals surface area contributed by atoms with Crippen molar-refractivity contribution in [3.8, 4) is 11.5 Å². The molecule has 3 rings (SSSR count). The highest BCUT2D eigenvalue weighted by atomic mass is 35.5. The van der Waals surface area contributed by atoms with E-state index in [0.717, 1.165) is 12.1 Å². The van der Waals surface area contributed by atoms with Crippen LogP contribution in [0.5, 0.6) is 11.5 Å². The fourth-order valence-corrected chi connectivity index (χ4v) is 3.01. The molecule has 1 amide bonds. The third-order valence-electron chi connectivity index (χ3n) is 4.30. The molecule has 0 atom stereocenters. The van der Waals surface area contributed by atoms with Gasteiger partial charge in [0.05, 0.1) is 34.4 Å². The maximum absolute atomic E-state index is 12.8. The van der Waals surface area contributed by atoms with Crippen LogP contribution in [-0.4, -0.2) is 30.6 Å². The van der Waals surface area contributed by atoms with Crippen LogP contribution in [0.4, 0.5) is 30.2 Å². The van der Waals surface area contributed by atoms with E-state index in [1.807, 2.05) is 0 Å². The van der Waals surface area contributed by atoms with Crippen molar-refractivity contribution in [1.29, 1.82) is 0 Å². The minimum Gasteiger partial charge on any atom is -0.490 e. The summed E-state index contributed by atoms with van der Waals surface area (Å²) in [5.74, 6) is 0.450. The van der Waals surface area contributed by atoms with Gasteiger partial charge < -0.3 is 20.1 Å². The lowest BCUT2D eigenvalue weighted by Crippen LogP contribution is -2.17. The Balaban J connectivity index is 1.62. The average molecular weight is 460 g/mol. The van der Waals surface area contributed by atoms with Gasteiger partial charge in [-0.1, -0.05) is 11.6 Å². The number of nitrogens with one attached hydrogen (secondary N) is 2. The summed E-state index contributed by atoms with van der Waals surface area (Å²) in [4.78, 5) is 22.4. The van der Waals surface area contributed by atoms with Gasteiger partial charge in [-0.05, 0) is 12.1 Å². The Hall–Kier alpha value is -3.21.